The van der Waals surface area contributed by atoms with E-state index in [4.69, 9.17) is 5.73 Å². The Morgan fingerprint density at radius 2 is 1.65 bits per heavy atom. The number of aromatic nitrogens is 1. The van der Waals surface area contributed by atoms with Crippen molar-refractivity contribution in [3.8, 4) is 11.4 Å². The number of allylic oxidation sites excluding steroid dienone is 3. The smallest absolute Gasteiger partial charge is 0.405 e. The molecule has 9 heteroatoms. The predicted octanol–water partition coefficient (Wildman–Crippen LogP) is 6.87. The van der Waals surface area contributed by atoms with Crippen molar-refractivity contribution in [1.29, 1.82) is 0 Å². The Morgan fingerprint density at radius 1 is 0.946 bits per heavy atom. The molecule has 0 spiro atoms. The molecular weight excluding hydrogens is 501 g/mol. The first-order valence-electron chi connectivity index (χ1n) is 11.1. The normalized spacial score (nSPS) is 12.6. The lowest BCUT2D eigenvalue weighted by Gasteiger charge is -2.15. The van der Waals surface area contributed by atoms with Crippen LogP contribution in [0.3, 0.4) is 0 Å². The van der Waals surface area contributed by atoms with Gasteiger partial charge in [0, 0.05) is 28.1 Å². The van der Waals surface area contributed by atoms with Gasteiger partial charge in [-0.2, -0.15) is 21.6 Å². The van der Waals surface area contributed by atoms with Crippen molar-refractivity contribution in [2.45, 2.75) is 11.9 Å². The molecule has 4 aromatic rings. The molecule has 1 aromatic heterocycles. The minimum absolute atomic E-state index is 0.0861. The zero-order valence-corrected chi connectivity index (χ0v) is 20.4. The number of benzene rings is 3. The summed E-state index contributed by atoms with van der Waals surface area (Å²) >= 11 is 0. The summed E-state index contributed by atoms with van der Waals surface area (Å²) in [5.41, 5.74) is 3.20. The number of rotatable bonds is 8. The number of halogens is 3. The summed E-state index contributed by atoms with van der Waals surface area (Å²) in [4.78, 5) is 0. The quantitative estimate of drug-likeness (QED) is 0.155. The second kappa shape index (κ2) is 10.0. The molecular formula is C28H23F3N2O3S. The summed E-state index contributed by atoms with van der Waals surface area (Å²) in [5.74, 6) is -0.494. The van der Waals surface area contributed by atoms with Crippen LogP contribution in [0, 0.1) is 0 Å². The molecule has 4 rings (SSSR count). The number of nitrogens with zero attached hydrogens (tertiary/aromatic N) is 1. The van der Waals surface area contributed by atoms with E-state index >= 15 is 0 Å². The van der Waals surface area contributed by atoms with E-state index in [0.29, 0.717) is 22.9 Å². The highest BCUT2D eigenvalue weighted by atomic mass is 32.2. The fourth-order valence-corrected chi connectivity index (χ4v) is 4.70. The maximum atomic E-state index is 13.2. The monoisotopic (exact) mass is 524 g/mol. The van der Waals surface area contributed by atoms with Crippen LogP contribution in [-0.4, -0.2) is 18.5 Å². The lowest BCUT2D eigenvalue weighted by molar-refractivity contribution is -0.0500. The topological polar surface area (TPSA) is 74.3 Å². The first-order valence-corrected chi connectivity index (χ1v) is 12.5. The van der Waals surface area contributed by atoms with Crippen LogP contribution in [0.5, 0.6) is 5.75 Å². The van der Waals surface area contributed by atoms with Crippen LogP contribution in [-0.2, 0) is 16.5 Å². The van der Waals surface area contributed by atoms with Gasteiger partial charge in [-0.1, -0.05) is 67.8 Å². The number of nitrogens with two attached hydrogens (primary N) is 1. The average Bonchev–Trinajstić information content (AvgIpc) is 3.18. The van der Waals surface area contributed by atoms with Gasteiger partial charge in [0.1, 0.15) is 0 Å². The Bertz CT molecular complexity index is 1670. The molecule has 0 aliphatic carbocycles. The molecule has 3 aromatic carbocycles. The molecule has 0 unspecified atom stereocenters. The Kier molecular flexibility index (Phi) is 7.00. The highest BCUT2D eigenvalue weighted by Crippen LogP contribution is 2.42. The first-order chi connectivity index (χ1) is 17.6. The molecule has 37 heavy (non-hydrogen) atoms. The second-order valence-electron chi connectivity index (χ2n) is 8.03. The Morgan fingerprint density at radius 3 is 2.27 bits per heavy atom. The lowest BCUT2D eigenvalue weighted by atomic mass is 9.98. The molecule has 0 aliphatic heterocycles. The van der Waals surface area contributed by atoms with Gasteiger partial charge in [0.05, 0.1) is 11.0 Å². The van der Waals surface area contributed by atoms with E-state index in [1.54, 1.807) is 6.08 Å². The lowest BCUT2D eigenvalue weighted by Crippen LogP contribution is -2.28. The van der Waals surface area contributed by atoms with Crippen molar-refractivity contribution in [2.24, 2.45) is 5.73 Å². The van der Waals surface area contributed by atoms with E-state index in [0.717, 1.165) is 22.2 Å². The molecule has 0 saturated heterocycles. The molecule has 0 radical (unpaired) electrons. The number of fused-ring (bicyclic) bond motifs is 3. The third kappa shape index (κ3) is 4.77. The van der Waals surface area contributed by atoms with Crippen molar-refractivity contribution in [3.63, 3.8) is 0 Å². The zero-order valence-electron chi connectivity index (χ0n) is 19.6. The van der Waals surface area contributed by atoms with Crippen LogP contribution in [0.25, 0.3) is 39.6 Å². The van der Waals surface area contributed by atoms with Crippen molar-refractivity contribution in [2.75, 3.05) is 0 Å². The summed E-state index contributed by atoms with van der Waals surface area (Å²) in [5, 5.41) is 1.48. The maximum Gasteiger partial charge on any atom is 0.534 e. The SMILES string of the molecule is C=Cc1c(OS(=O)(=O)C(F)(F)F)cc2c(c1C=C)c1ccc(C/C=C\C=C/N)cc1n2-c1ccccc1. The number of hydrogen-bond donors (Lipinski definition) is 1. The highest BCUT2D eigenvalue weighted by molar-refractivity contribution is 7.88. The summed E-state index contributed by atoms with van der Waals surface area (Å²) in [7, 11) is -5.92. The fraction of sp³-hybridized carbons (Fsp3) is 0.0714. The molecule has 0 aliphatic rings. The van der Waals surface area contributed by atoms with Crippen molar-refractivity contribution in [3.05, 3.63) is 109 Å². The van der Waals surface area contributed by atoms with Gasteiger partial charge in [0.2, 0.25) is 0 Å². The summed E-state index contributed by atoms with van der Waals surface area (Å²) < 4.78 is 69.8. The predicted molar refractivity (Wildman–Crippen MR) is 143 cm³/mol. The Hall–Kier alpha value is -4.24. The van der Waals surface area contributed by atoms with E-state index in [-0.39, 0.29) is 5.56 Å². The van der Waals surface area contributed by atoms with Crippen LogP contribution >= 0.6 is 0 Å². The van der Waals surface area contributed by atoms with Gasteiger partial charge >= 0.3 is 15.6 Å². The number of alkyl halides is 3. The summed E-state index contributed by atoms with van der Waals surface area (Å²) in [6.07, 6.45) is 10.2. The van der Waals surface area contributed by atoms with Gasteiger partial charge < -0.3 is 14.5 Å². The molecule has 1 heterocycles. The number of para-hydroxylation sites is 1. The first kappa shape index (κ1) is 25.8. The zero-order chi connectivity index (χ0) is 26.8. The molecule has 190 valence electrons. The van der Waals surface area contributed by atoms with E-state index < -0.39 is 21.4 Å². The van der Waals surface area contributed by atoms with Gasteiger partial charge in [-0.25, -0.2) is 0 Å². The molecule has 0 saturated carbocycles. The van der Waals surface area contributed by atoms with Crippen LogP contribution in [0.15, 0.2) is 92.2 Å². The summed E-state index contributed by atoms with van der Waals surface area (Å²) in [6.45, 7) is 7.50. The van der Waals surface area contributed by atoms with Crippen LogP contribution in [0.4, 0.5) is 13.2 Å². The van der Waals surface area contributed by atoms with Crippen LogP contribution in [0.2, 0.25) is 0 Å². The Balaban J connectivity index is 2.09. The van der Waals surface area contributed by atoms with Crippen molar-refractivity contribution >= 4 is 44.1 Å². The minimum Gasteiger partial charge on any atom is -0.405 e. The van der Waals surface area contributed by atoms with Crippen LogP contribution in [0.1, 0.15) is 16.7 Å². The van der Waals surface area contributed by atoms with Crippen molar-refractivity contribution < 1.29 is 25.8 Å². The maximum absolute atomic E-state index is 13.2. The third-order valence-corrected chi connectivity index (χ3v) is 6.75. The van der Waals surface area contributed by atoms with Crippen molar-refractivity contribution in [1.82, 2.24) is 4.57 Å². The van der Waals surface area contributed by atoms with Gasteiger partial charge in [0.25, 0.3) is 0 Å². The van der Waals surface area contributed by atoms with E-state index in [1.165, 1.54) is 24.4 Å². The van der Waals surface area contributed by atoms with E-state index in [2.05, 4.69) is 17.3 Å². The molecule has 0 fully saturated rings. The van der Waals surface area contributed by atoms with E-state index in [9.17, 15) is 21.6 Å². The summed E-state index contributed by atoms with van der Waals surface area (Å²) in [6, 6.07) is 16.3. The van der Waals surface area contributed by atoms with Gasteiger partial charge in [-0.15, -0.1) is 0 Å². The fourth-order valence-electron chi connectivity index (χ4n) is 4.23. The van der Waals surface area contributed by atoms with Gasteiger partial charge in [0.15, 0.2) is 5.75 Å². The molecule has 2 N–H and O–H groups in total. The van der Waals surface area contributed by atoms with Gasteiger partial charge in [-0.3, -0.25) is 0 Å². The largest absolute Gasteiger partial charge is 0.534 e. The molecule has 0 atom stereocenters. The highest BCUT2D eigenvalue weighted by Gasteiger charge is 2.49. The Labute approximate surface area is 212 Å². The standard InChI is InChI=1S/C28H23F3N2O3S/c1-3-21-22(4-2)27-23-15-14-19(11-7-6-10-16-32)17-24(23)33(20-12-8-5-9-13-20)25(27)18-26(21)36-37(34,35)28(29,30)31/h3-10,12-18H,1-2,11,32H2/b7-6-,16-10-. The molecule has 5 nitrogen and oxygen atoms in total. The van der Waals surface area contributed by atoms with Gasteiger partial charge in [-0.05, 0) is 48.0 Å². The molecule has 0 amide bonds. The minimum atomic E-state index is -5.92. The number of hydrogen-bond acceptors (Lipinski definition) is 4. The second-order valence-corrected chi connectivity index (χ2v) is 9.57. The third-order valence-electron chi connectivity index (χ3n) is 5.78. The average molecular weight is 525 g/mol. The van der Waals surface area contributed by atoms with E-state index in [1.807, 2.05) is 65.3 Å². The molecule has 0 bridgehead atoms. The van der Waals surface area contributed by atoms with Crippen LogP contribution < -0.4 is 9.92 Å².